The smallest absolute Gasteiger partial charge is 0.254 e. The molecule has 3 heterocycles. The number of fused-ring (bicyclic) bond motifs is 1. The van der Waals surface area contributed by atoms with E-state index in [1.54, 1.807) is 0 Å². The third-order valence-electron chi connectivity index (χ3n) is 4.88. The van der Waals surface area contributed by atoms with Gasteiger partial charge in [0, 0.05) is 30.4 Å². The van der Waals surface area contributed by atoms with E-state index in [9.17, 15) is 9.18 Å². The number of hydrogen-bond donors (Lipinski definition) is 1. The van der Waals surface area contributed by atoms with E-state index in [0.717, 1.165) is 28.8 Å². The number of benzene rings is 1. The SMILES string of the molecule is Cc1cc(C(=O)N2CCC(c3ccc(F)cc3)C2)c2c(C)[nH]nc2n1. The molecule has 1 amide bonds. The summed E-state index contributed by atoms with van der Waals surface area (Å²) in [4.78, 5) is 19.3. The minimum atomic E-state index is -0.236. The topological polar surface area (TPSA) is 61.9 Å². The Kier molecular flexibility index (Phi) is 3.75. The molecule has 3 aromatic rings. The van der Waals surface area contributed by atoms with Crippen molar-refractivity contribution < 1.29 is 9.18 Å². The monoisotopic (exact) mass is 338 g/mol. The molecule has 1 aromatic carbocycles. The average molecular weight is 338 g/mol. The van der Waals surface area contributed by atoms with Crippen LogP contribution >= 0.6 is 0 Å². The van der Waals surface area contributed by atoms with Crippen molar-refractivity contribution in [3.63, 3.8) is 0 Å². The Morgan fingerprint density at radius 2 is 2.04 bits per heavy atom. The van der Waals surface area contributed by atoms with Gasteiger partial charge < -0.3 is 4.90 Å². The van der Waals surface area contributed by atoms with Crippen LogP contribution in [0.1, 0.15) is 39.6 Å². The van der Waals surface area contributed by atoms with Gasteiger partial charge in [-0.2, -0.15) is 5.10 Å². The molecule has 1 aliphatic rings. The van der Waals surface area contributed by atoms with Crippen LogP contribution in [0, 0.1) is 19.7 Å². The first-order valence-corrected chi connectivity index (χ1v) is 8.40. The van der Waals surface area contributed by atoms with Crippen molar-refractivity contribution in [1.82, 2.24) is 20.1 Å². The van der Waals surface area contributed by atoms with E-state index in [4.69, 9.17) is 0 Å². The third-order valence-corrected chi connectivity index (χ3v) is 4.88. The minimum Gasteiger partial charge on any atom is -0.338 e. The molecule has 0 spiro atoms. The van der Waals surface area contributed by atoms with Crippen molar-refractivity contribution >= 4 is 16.9 Å². The second-order valence-electron chi connectivity index (χ2n) is 6.65. The Morgan fingerprint density at radius 3 is 2.80 bits per heavy atom. The lowest BCUT2D eigenvalue weighted by Crippen LogP contribution is -2.28. The molecule has 2 aromatic heterocycles. The molecule has 0 radical (unpaired) electrons. The summed E-state index contributed by atoms with van der Waals surface area (Å²) in [5.41, 5.74) is 3.92. The second kappa shape index (κ2) is 5.95. The highest BCUT2D eigenvalue weighted by Gasteiger charge is 2.29. The minimum absolute atomic E-state index is 0.00427. The molecule has 0 saturated carbocycles. The van der Waals surface area contributed by atoms with Crippen LogP contribution in [-0.2, 0) is 0 Å². The summed E-state index contributed by atoms with van der Waals surface area (Å²) in [6, 6.07) is 8.40. The summed E-state index contributed by atoms with van der Waals surface area (Å²) in [5, 5.41) is 7.88. The molecule has 1 atom stereocenters. The van der Waals surface area contributed by atoms with Crippen molar-refractivity contribution in [1.29, 1.82) is 0 Å². The first-order chi connectivity index (χ1) is 12.0. The van der Waals surface area contributed by atoms with Crippen LogP contribution in [0.3, 0.4) is 0 Å². The van der Waals surface area contributed by atoms with Gasteiger partial charge >= 0.3 is 0 Å². The van der Waals surface area contributed by atoms with E-state index in [1.165, 1.54) is 12.1 Å². The van der Waals surface area contributed by atoms with Crippen LogP contribution in [0.4, 0.5) is 4.39 Å². The second-order valence-corrected chi connectivity index (χ2v) is 6.65. The maximum absolute atomic E-state index is 13.1. The van der Waals surface area contributed by atoms with E-state index in [0.29, 0.717) is 24.3 Å². The fourth-order valence-corrected chi connectivity index (χ4v) is 3.59. The average Bonchev–Trinajstić information content (AvgIpc) is 3.22. The van der Waals surface area contributed by atoms with Gasteiger partial charge in [0.15, 0.2) is 5.65 Å². The lowest BCUT2D eigenvalue weighted by molar-refractivity contribution is 0.0792. The highest BCUT2D eigenvalue weighted by atomic mass is 19.1. The molecule has 25 heavy (non-hydrogen) atoms. The summed E-state index contributed by atoms with van der Waals surface area (Å²) >= 11 is 0. The van der Waals surface area contributed by atoms with Gasteiger partial charge in [-0.3, -0.25) is 9.89 Å². The summed E-state index contributed by atoms with van der Waals surface area (Å²) in [5.74, 6) is 0.0119. The number of nitrogens with one attached hydrogen (secondary N) is 1. The zero-order chi connectivity index (χ0) is 17.6. The molecule has 1 aliphatic heterocycles. The number of halogens is 1. The van der Waals surface area contributed by atoms with E-state index in [-0.39, 0.29) is 17.6 Å². The number of rotatable bonds is 2. The first kappa shape index (κ1) is 15.7. The summed E-state index contributed by atoms with van der Waals surface area (Å²) in [6.07, 6.45) is 0.884. The Morgan fingerprint density at radius 1 is 1.28 bits per heavy atom. The number of nitrogens with zero attached hydrogens (tertiary/aromatic N) is 3. The quantitative estimate of drug-likeness (QED) is 0.779. The predicted octanol–water partition coefficient (Wildman–Crippen LogP) is 3.34. The molecule has 0 aliphatic carbocycles. The molecule has 4 rings (SSSR count). The molecule has 0 bridgehead atoms. The molecular weight excluding hydrogens is 319 g/mol. The number of H-pyrrole nitrogens is 1. The number of carbonyl (C=O) groups excluding carboxylic acids is 1. The molecule has 128 valence electrons. The van der Waals surface area contributed by atoms with Gasteiger partial charge in [0.2, 0.25) is 0 Å². The number of aromatic nitrogens is 3. The Bertz CT molecular complexity index is 948. The number of amides is 1. The van der Waals surface area contributed by atoms with Gasteiger partial charge in [0.25, 0.3) is 5.91 Å². The van der Waals surface area contributed by atoms with Crippen molar-refractivity contribution in [2.75, 3.05) is 13.1 Å². The fraction of sp³-hybridized carbons (Fsp3) is 0.316. The van der Waals surface area contributed by atoms with Crippen molar-refractivity contribution in [3.05, 3.63) is 58.7 Å². The van der Waals surface area contributed by atoms with Gasteiger partial charge in [-0.05, 0) is 44.0 Å². The molecule has 5 nitrogen and oxygen atoms in total. The van der Waals surface area contributed by atoms with Gasteiger partial charge in [-0.25, -0.2) is 9.37 Å². The van der Waals surface area contributed by atoms with Gasteiger partial charge in [0.1, 0.15) is 5.82 Å². The fourth-order valence-electron chi connectivity index (χ4n) is 3.59. The third kappa shape index (κ3) is 2.77. The van der Waals surface area contributed by atoms with Crippen LogP contribution in [-0.4, -0.2) is 39.1 Å². The zero-order valence-corrected chi connectivity index (χ0v) is 14.2. The molecule has 1 unspecified atom stereocenters. The Hall–Kier alpha value is -2.76. The lowest BCUT2D eigenvalue weighted by atomic mass is 9.98. The van der Waals surface area contributed by atoms with Crippen LogP contribution in [0.15, 0.2) is 30.3 Å². The van der Waals surface area contributed by atoms with E-state index >= 15 is 0 Å². The van der Waals surface area contributed by atoms with Gasteiger partial charge in [0.05, 0.1) is 10.9 Å². The molecule has 1 saturated heterocycles. The number of carbonyl (C=O) groups is 1. The van der Waals surface area contributed by atoms with Crippen molar-refractivity contribution in [3.8, 4) is 0 Å². The summed E-state index contributed by atoms with van der Waals surface area (Å²) < 4.78 is 13.1. The maximum atomic E-state index is 13.1. The van der Waals surface area contributed by atoms with Crippen LogP contribution in [0.25, 0.3) is 11.0 Å². The number of likely N-dealkylation sites (tertiary alicyclic amines) is 1. The molecular formula is C19H19FN4O. The standard InChI is InChI=1S/C19H19FN4O/c1-11-9-16(17-12(2)22-23-18(17)21-11)19(25)24-8-7-14(10-24)13-3-5-15(20)6-4-13/h3-6,9,14H,7-8,10H2,1-2H3,(H,21,22,23). The van der Waals surface area contributed by atoms with Gasteiger partial charge in [-0.15, -0.1) is 0 Å². The summed E-state index contributed by atoms with van der Waals surface area (Å²) in [7, 11) is 0. The highest BCUT2D eigenvalue weighted by Crippen LogP contribution is 2.30. The van der Waals surface area contributed by atoms with Crippen LogP contribution < -0.4 is 0 Å². The first-order valence-electron chi connectivity index (χ1n) is 8.40. The summed E-state index contributed by atoms with van der Waals surface area (Å²) in [6.45, 7) is 5.10. The number of hydrogen-bond acceptors (Lipinski definition) is 3. The predicted molar refractivity (Wildman–Crippen MR) is 93.0 cm³/mol. The molecule has 1 fully saturated rings. The Labute approximate surface area is 144 Å². The molecule has 6 heteroatoms. The Balaban J connectivity index is 1.62. The van der Waals surface area contributed by atoms with E-state index in [2.05, 4.69) is 15.2 Å². The van der Waals surface area contributed by atoms with E-state index < -0.39 is 0 Å². The number of aromatic amines is 1. The van der Waals surface area contributed by atoms with Gasteiger partial charge in [-0.1, -0.05) is 12.1 Å². The number of aryl methyl sites for hydroxylation is 2. The normalized spacial score (nSPS) is 17.4. The highest BCUT2D eigenvalue weighted by molar-refractivity contribution is 6.06. The largest absolute Gasteiger partial charge is 0.338 e. The molecule has 1 N–H and O–H groups in total. The zero-order valence-electron chi connectivity index (χ0n) is 14.2. The van der Waals surface area contributed by atoms with Crippen LogP contribution in [0.2, 0.25) is 0 Å². The van der Waals surface area contributed by atoms with Crippen molar-refractivity contribution in [2.45, 2.75) is 26.2 Å². The maximum Gasteiger partial charge on any atom is 0.254 e. The van der Waals surface area contributed by atoms with Crippen molar-refractivity contribution in [2.24, 2.45) is 0 Å². The van der Waals surface area contributed by atoms with Crippen LogP contribution in [0.5, 0.6) is 0 Å². The lowest BCUT2D eigenvalue weighted by Gasteiger charge is -2.18. The van der Waals surface area contributed by atoms with E-state index in [1.807, 2.05) is 36.9 Å². The number of pyridine rings is 1.